The third-order valence-corrected chi connectivity index (χ3v) is 1.57. The van der Waals surface area contributed by atoms with Crippen LogP contribution in [0.1, 0.15) is 27.2 Å². The van der Waals surface area contributed by atoms with Crippen LogP contribution >= 0.6 is 0 Å². The van der Waals surface area contributed by atoms with Crippen LogP contribution < -0.4 is 0 Å². The monoisotopic (exact) mass is 130 g/mol. The summed E-state index contributed by atoms with van der Waals surface area (Å²) in [7, 11) is 0. The molecule has 1 unspecified atom stereocenters. The predicted molar refractivity (Wildman–Crippen MR) is 37.7 cm³/mol. The molecule has 0 N–H and O–H groups in total. The fourth-order valence-corrected chi connectivity index (χ4v) is 0.889. The topological polar surface area (TPSA) is 23.1 Å². The summed E-state index contributed by atoms with van der Waals surface area (Å²) in [6, 6.07) is 0. The van der Waals surface area contributed by atoms with Gasteiger partial charge in [0, 0.05) is 0 Å². The summed E-state index contributed by atoms with van der Waals surface area (Å²) in [6.45, 7) is 7.71. The highest BCUT2D eigenvalue weighted by Crippen LogP contribution is 1.98. The number of hydrogen-bond acceptors (Lipinski definition) is 1. The van der Waals surface area contributed by atoms with Gasteiger partial charge >= 0.3 is 0 Å². The van der Waals surface area contributed by atoms with E-state index in [2.05, 4.69) is 0 Å². The van der Waals surface area contributed by atoms with Crippen molar-refractivity contribution in [1.82, 2.24) is 4.90 Å². The molecular weight excluding hydrogens is 114 g/mol. The molecule has 0 fully saturated rings. The Labute approximate surface area is 57.5 Å². The molecule has 0 heterocycles. The predicted octanol–water partition coefficient (Wildman–Crippen LogP) is 1.49. The van der Waals surface area contributed by atoms with Crippen LogP contribution in [-0.2, 0) is 5.11 Å². The molecule has 1 radical (unpaired) electrons. The standard InChI is InChI=1S/C7H16NO/c1-4-7(9)8(5-2)6-3/h7H,4-6H2,1-3H3. The maximum Gasteiger partial charge on any atom is 0.146 e. The van der Waals surface area contributed by atoms with Crippen LogP contribution in [0.5, 0.6) is 0 Å². The molecule has 0 saturated heterocycles. The molecule has 9 heavy (non-hydrogen) atoms. The van der Waals surface area contributed by atoms with Crippen molar-refractivity contribution in [3.63, 3.8) is 0 Å². The van der Waals surface area contributed by atoms with Crippen LogP contribution in [-0.4, -0.2) is 24.2 Å². The Bertz CT molecular complexity index is 61.9. The van der Waals surface area contributed by atoms with Crippen LogP contribution in [0.15, 0.2) is 0 Å². The van der Waals surface area contributed by atoms with Gasteiger partial charge in [-0.3, -0.25) is 4.90 Å². The van der Waals surface area contributed by atoms with Crippen molar-refractivity contribution in [3.8, 4) is 0 Å². The van der Waals surface area contributed by atoms with Crippen molar-refractivity contribution >= 4 is 0 Å². The van der Waals surface area contributed by atoms with E-state index < -0.39 is 6.23 Å². The first-order valence-electron chi connectivity index (χ1n) is 3.66. The third-order valence-electron chi connectivity index (χ3n) is 1.57. The maximum atomic E-state index is 11.0. The molecule has 0 aromatic rings. The van der Waals surface area contributed by atoms with Crippen LogP contribution in [0.4, 0.5) is 0 Å². The van der Waals surface area contributed by atoms with Crippen LogP contribution in [0, 0.1) is 0 Å². The van der Waals surface area contributed by atoms with Gasteiger partial charge in [-0.05, 0) is 19.5 Å². The molecule has 55 valence electrons. The van der Waals surface area contributed by atoms with Gasteiger partial charge in [0.15, 0.2) is 0 Å². The van der Waals surface area contributed by atoms with Crippen molar-refractivity contribution < 1.29 is 5.11 Å². The minimum Gasteiger partial charge on any atom is -0.276 e. The number of hydrogen-bond donors (Lipinski definition) is 0. The first-order chi connectivity index (χ1) is 4.26. The second-order valence-corrected chi connectivity index (χ2v) is 2.08. The Morgan fingerprint density at radius 1 is 1.22 bits per heavy atom. The first kappa shape index (κ1) is 8.92. The zero-order valence-electron chi connectivity index (χ0n) is 6.55. The van der Waals surface area contributed by atoms with E-state index in [4.69, 9.17) is 0 Å². The molecule has 0 aromatic carbocycles. The highest BCUT2D eigenvalue weighted by atomic mass is 16.3. The zero-order valence-corrected chi connectivity index (χ0v) is 6.55. The maximum absolute atomic E-state index is 11.0. The van der Waals surface area contributed by atoms with Gasteiger partial charge in [0.05, 0.1) is 0 Å². The van der Waals surface area contributed by atoms with Crippen molar-refractivity contribution in [2.45, 2.75) is 33.4 Å². The molecule has 0 aliphatic carbocycles. The molecule has 2 nitrogen and oxygen atoms in total. The summed E-state index contributed by atoms with van der Waals surface area (Å²) in [6.07, 6.45) is 0.224. The molecule has 1 atom stereocenters. The minimum absolute atomic E-state index is 0.486. The molecule has 2 heteroatoms. The Kier molecular flexibility index (Phi) is 4.72. The molecule has 0 aromatic heterocycles. The summed E-state index contributed by atoms with van der Waals surface area (Å²) in [4.78, 5) is 1.92. The quantitative estimate of drug-likeness (QED) is 0.529. The molecular formula is C7H16NO. The smallest absolute Gasteiger partial charge is 0.146 e. The van der Waals surface area contributed by atoms with Gasteiger partial charge in [0.1, 0.15) is 6.23 Å². The molecule has 0 spiro atoms. The lowest BCUT2D eigenvalue weighted by molar-refractivity contribution is -0.0452. The first-order valence-corrected chi connectivity index (χ1v) is 3.66. The van der Waals surface area contributed by atoms with E-state index >= 15 is 0 Å². The van der Waals surface area contributed by atoms with Gasteiger partial charge in [0.25, 0.3) is 0 Å². The summed E-state index contributed by atoms with van der Waals surface area (Å²) in [5.74, 6) is 0. The van der Waals surface area contributed by atoms with Crippen molar-refractivity contribution in [3.05, 3.63) is 0 Å². The summed E-state index contributed by atoms with van der Waals surface area (Å²) in [5, 5.41) is 11.0. The zero-order chi connectivity index (χ0) is 7.28. The van der Waals surface area contributed by atoms with E-state index in [1.54, 1.807) is 0 Å². The molecule has 0 saturated carbocycles. The second kappa shape index (κ2) is 4.77. The second-order valence-electron chi connectivity index (χ2n) is 2.08. The molecule has 0 amide bonds. The normalized spacial score (nSPS) is 14.3. The van der Waals surface area contributed by atoms with Crippen LogP contribution in [0.2, 0.25) is 0 Å². The molecule has 0 aliphatic rings. The van der Waals surface area contributed by atoms with E-state index in [9.17, 15) is 5.11 Å². The summed E-state index contributed by atoms with van der Waals surface area (Å²) >= 11 is 0. The van der Waals surface area contributed by atoms with Gasteiger partial charge in [-0.1, -0.05) is 20.8 Å². The lowest BCUT2D eigenvalue weighted by Crippen LogP contribution is -2.33. The lowest BCUT2D eigenvalue weighted by atomic mass is 10.3. The largest absolute Gasteiger partial charge is 0.276 e. The fourth-order valence-electron chi connectivity index (χ4n) is 0.889. The van der Waals surface area contributed by atoms with Gasteiger partial charge in [0.2, 0.25) is 0 Å². The lowest BCUT2D eigenvalue weighted by Gasteiger charge is -2.21. The van der Waals surface area contributed by atoms with E-state index in [1.807, 2.05) is 25.7 Å². The van der Waals surface area contributed by atoms with Crippen molar-refractivity contribution in [1.29, 1.82) is 0 Å². The fraction of sp³-hybridized carbons (Fsp3) is 1.00. The Balaban J connectivity index is 3.50. The number of nitrogens with zero attached hydrogens (tertiary/aromatic N) is 1. The van der Waals surface area contributed by atoms with Crippen LogP contribution in [0.3, 0.4) is 0 Å². The highest BCUT2D eigenvalue weighted by Gasteiger charge is 2.09. The highest BCUT2D eigenvalue weighted by molar-refractivity contribution is 4.53. The number of rotatable bonds is 4. The Hall–Kier alpha value is -0.0800. The Morgan fingerprint density at radius 3 is 1.78 bits per heavy atom. The van der Waals surface area contributed by atoms with Gasteiger partial charge in [-0.25, -0.2) is 5.11 Å². The molecule has 0 bridgehead atoms. The third kappa shape index (κ3) is 2.82. The van der Waals surface area contributed by atoms with Crippen LogP contribution in [0.25, 0.3) is 0 Å². The summed E-state index contributed by atoms with van der Waals surface area (Å²) < 4.78 is 0. The van der Waals surface area contributed by atoms with Crippen molar-refractivity contribution in [2.75, 3.05) is 13.1 Å². The van der Waals surface area contributed by atoms with E-state index in [1.165, 1.54) is 0 Å². The van der Waals surface area contributed by atoms with Gasteiger partial charge < -0.3 is 0 Å². The summed E-state index contributed by atoms with van der Waals surface area (Å²) in [5.41, 5.74) is 0. The average Bonchev–Trinajstić information content (AvgIpc) is 1.90. The average molecular weight is 130 g/mol. The minimum atomic E-state index is -0.486. The van der Waals surface area contributed by atoms with E-state index in [0.29, 0.717) is 6.42 Å². The van der Waals surface area contributed by atoms with E-state index in [-0.39, 0.29) is 0 Å². The molecule has 0 rings (SSSR count). The van der Waals surface area contributed by atoms with Gasteiger partial charge in [-0.2, -0.15) is 0 Å². The van der Waals surface area contributed by atoms with E-state index in [0.717, 1.165) is 13.1 Å². The SMILES string of the molecule is CCC([O])N(CC)CC. The van der Waals surface area contributed by atoms with Gasteiger partial charge in [-0.15, -0.1) is 0 Å². The van der Waals surface area contributed by atoms with Crippen molar-refractivity contribution in [2.24, 2.45) is 0 Å². The Morgan fingerprint density at radius 2 is 1.67 bits per heavy atom. The molecule has 0 aliphatic heterocycles.